The highest BCUT2D eigenvalue weighted by molar-refractivity contribution is 6.28. The summed E-state index contributed by atoms with van der Waals surface area (Å²) in [5, 5.41) is 7.91. The Kier molecular flexibility index (Phi) is 5.91. The van der Waals surface area contributed by atoms with Crippen LogP contribution in [-0.4, -0.2) is 0 Å². The summed E-state index contributed by atoms with van der Waals surface area (Å²) in [7, 11) is 0. The number of hydrogen-bond acceptors (Lipinski definition) is 2. The molecular weight excluding hydrogens is 585 g/mol. The SMILES string of the molecule is c1ccc(-c2cccc(-c3c4ccccc4c(-c4c5cc(-c6ccccc6)oc5cc5c4oc4ccccc45)c4ccccc34)c2)cc1. The van der Waals surface area contributed by atoms with Crippen LogP contribution in [0, 0.1) is 0 Å². The standard InChI is InChI=1S/C46H28O2/c1-3-14-29(15-4-1)31-18-13-19-32(26-31)43-34-21-7-9-23-36(34)44(37-24-10-8-22-35(37)43)45-39-28-41(30-16-5-2-6-17-30)47-42(39)27-38-33-20-11-12-25-40(33)48-46(38)45/h1-28H. The number of furan rings is 2. The minimum absolute atomic E-state index is 0.840. The molecule has 0 fully saturated rings. The van der Waals surface area contributed by atoms with E-state index in [2.05, 4.69) is 158 Å². The van der Waals surface area contributed by atoms with Crippen LogP contribution in [0.3, 0.4) is 0 Å². The molecule has 224 valence electrons. The Labute approximate surface area is 277 Å². The molecule has 0 amide bonds. The zero-order chi connectivity index (χ0) is 31.6. The number of para-hydroxylation sites is 1. The zero-order valence-electron chi connectivity index (χ0n) is 26.0. The van der Waals surface area contributed by atoms with Crippen LogP contribution in [0.5, 0.6) is 0 Å². The molecule has 48 heavy (non-hydrogen) atoms. The lowest BCUT2D eigenvalue weighted by atomic mass is 9.84. The Hall–Kier alpha value is -6.38. The molecule has 10 aromatic rings. The second-order valence-electron chi connectivity index (χ2n) is 12.4. The predicted molar refractivity (Wildman–Crippen MR) is 200 cm³/mol. The monoisotopic (exact) mass is 612 g/mol. The van der Waals surface area contributed by atoms with Crippen molar-refractivity contribution >= 4 is 54.5 Å². The van der Waals surface area contributed by atoms with Gasteiger partial charge < -0.3 is 8.83 Å². The van der Waals surface area contributed by atoms with Crippen LogP contribution in [0.2, 0.25) is 0 Å². The molecule has 0 radical (unpaired) electrons. The quantitative estimate of drug-likeness (QED) is 0.185. The van der Waals surface area contributed by atoms with Crippen LogP contribution in [0.25, 0.3) is 99.2 Å². The highest BCUT2D eigenvalue weighted by atomic mass is 16.3. The van der Waals surface area contributed by atoms with Crippen molar-refractivity contribution in [3.63, 3.8) is 0 Å². The number of fused-ring (bicyclic) bond motifs is 6. The maximum Gasteiger partial charge on any atom is 0.144 e. The predicted octanol–water partition coefficient (Wildman–Crippen LogP) is 13.3. The molecule has 0 unspecified atom stereocenters. The van der Waals surface area contributed by atoms with Crippen LogP contribution in [0.15, 0.2) is 179 Å². The van der Waals surface area contributed by atoms with E-state index in [4.69, 9.17) is 8.83 Å². The lowest BCUT2D eigenvalue weighted by Gasteiger charge is -2.18. The summed E-state index contributed by atoms with van der Waals surface area (Å²) < 4.78 is 13.5. The fourth-order valence-electron chi connectivity index (χ4n) is 7.54. The van der Waals surface area contributed by atoms with E-state index in [-0.39, 0.29) is 0 Å². The molecule has 0 aliphatic carbocycles. The highest BCUT2D eigenvalue weighted by Gasteiger charge is 2.24. The van der Waals surface area contributed by atoms with Crippen molar-refractivity contribution in [3.8, 4) is 44.7 Å². The fourth-order valence-corrected chi connectivity index (χ4v) is 7.54. The van der Waals surface area contributed by atoms with Gasteiger partial charge in [-0.15, -0.1) is 0 Å². The molecule has 0 atom stereocenters. The minimum Gasteiger partial charge on any atom is -0.456 e. The zero-order valence-corrected chi connectivity index (χ0v) is 26.0. The minimum atomic E-state index is 0.840. The largest absolute Gasteiger partial charge is 0.456 e. The molecule has 2 aromatic heterocycles. The number of hydrogen-bond donors (Lipinski definition) is 0. The van der Waals surface area contributed by atoms with Gasteiger partial charge in [-0.25, -0.2) is 0 Å². The number of rotatable bonds is 4. The van der Waals surface area contributed by atoms with Crippen molar-refractivity contribution in [2.24, 2.45) is 0 Å². The summed E-state index contributed by atoms with van der Waals surface area (Å²) in [6.07, 6.45) is 0. The van der Waals surface area contributed by atoms with Crippen LogP contribution in [0.1, 0.15) is 0 Å². The van der Waals surface area contributed by atoms with Gasteiger partial charge in [-0.3, -0.25) is 0 Å². The third-order valence-electron chi connectivity index (χ3n) is 9.66. The first-order valence-electron chi connectivity index (χ1n) is 16.3. The average molecular weight is 613 g/mol. The van der Waals surface area contributed by atoms with Crippen molar-refractivity contribution in [3.05, 3.63) is 170 Å². The summed E-state index contributed by atoms with van der Waals surface area (Å²) in [6.45, 7) is 0. The van der Waals surface area contributed by atoms with Crippen LogP contribution in [0.4, 0.5) is 0 Å². The first-order valence-corrected chi connectivity index (χ1v) is 16.3. The van der Waals surface area contributed by atoms with Gasteiger partial charge in [-0.05, 0) is 68.1 Å². The van der Waals surface area contributed by atoms with Gasteiger partial charge in [0.2, 0.25) is 0 Å². The van der Waals surface area contributed by atoms with E-state index >= 15 is 0 Å². The van der Waals surface area contributed by atoms with E-state index in [0.717, 1.165) is 55.4 Å². The van der Waals surface area contributed by atoms with Crippen molar-refractivity contribution in [1.29, 1.82) is 0 Å². The molecule has 0 spiro atoms. The van der Waals surface area contributed by atoms with Crippen LogP contribution in [-0.2, 0) is 0 Å². The molecule has 8 aromatic carbocycles. The summed E-state index contributed by atoms with van der Waals surface area (Å²) in [4.78, 5) is 0. The molecule has 2 heteroatoms. The van der Waals surface area contributed by atoms with Gasteiger partial charge in [-0.1, -0.05) is 146 Å². The molecule has 0 aliphatic rings. The Morgan fingerprint density at radius 1 is 0.271 bits per heavy atom. The van der Waals surface area contributed by atoms with Crippen LogP contribution >= 0.6 is 0 Å². The van der Waals surface area contributed by atoms with Crippen molar-refractivity contribution < 1.29 is 8.83 Å². The van der Waals surface area contributed by atoms with Crippen LogP contribution < -0.4 is 0 Å². The fraction of sp³-hybridized carbons (Fsp3) is 0. The van der Waals surface area contributed by atoms with E-state index < -0.39 is 0 Å². The smallest absolute Gasteiger partial charge is 0.144 e. The van der Waals surface area contributed by atoms with Crippen molar-refractivity contribution in [1.82, 2.24) is 0 Å². The van der Waals surface area contributed by atoms with Gasteiger partial charge in [0, 0.05) is 32.8 Å². The van der Waals surface area contributed by atoms with Gasteiger partial charge in [0.05, 0.1) is 0 Å². The Bertz CT molecular complexity index is 2760. The molecule has 0 saturated carbocycles. The van der Waals surface area contributed by atoms with Gasteiger partial charge in [0.25, 0.3) is 0 Å². The van der Waals surface area contributed by atoms with E-state index in [1.54, 1.807) is 0 Å². The van der Waals surface area contributed by atoms with E-state index in [1.807, 2.05) is 12.1 Å². The van der Waals surface area contributed by atoms with E-state index in [1.165, 1.54) is 43.8 Å². The Morgan fingerprint density at radius 2 is 0.812 bits per heavy atom. The third kappa shape index (κ3) is 4.06. The topological polar surface area (TPSA) is 26.3 Å². The maximum absolute atomic E-state index is 6.80. The lowest BCUT2D eigenvalue weighted by Crippen LogP contribution is -1.92. The number of benzene rings is 8. The van der Waals surface area contributed by atoms with E-state index in [9.17, 15) is 0 Å². The van der Waals surface area contributed by atoms with Crippen molar-refractivity contribution in [2.75, 3.05) is 0 Å². The molecular formula is C46H28O2. The molecule has 0 bridgehead atoms. The van der Waals surface area contributed by atoms with Gasteiger partial charge in [0.1, 0.15) is 22.5 Å². The first kappa shape index (κ1) is 26.8. The van der Waals surface area contributed by atoms with Crippen molar-refractivity contribution in [2.45, 2.75) is 0 Å². The molecule has 2 heterocycles. The Balaban J connectivity index is 1.35. The third-order valence-corrected chi connectivity index (χ3v) is 9.66. The van der Waals surface area contributed by atoms with E-state index in [0.29, 0.717) is 0 Å². The summed E-state index contributed by atoms with van der Waals surface area (Å²) >= 11 is 0. The molecule has 0 aliphatic heterocycles. The summed E-state index contributed by atoms with van der Waals surface area (Å²) in [5.41, 5.74) is 10.7. The maximum atomic E-state index is 6.80. The summed E-state index contributed by atoms with van der Waals surface area (Å²) in [5.74, 6) is 0.840. The van der Waals surface area contributed by atoms with Gasteiger partial charge >= 0.3 is 0 Å². The van der Waals surface area contributed by atoms with Gasteiger partial charge in [0.15, 0.2) is 0 Å². The molecule has 0 saturated heterocycles. The second kappa shape index (κ2) is 10.6. The molecule has 10 rings (SSSR count). The van der Waals surface area contributed by atoms with Gasteiger partial charge in [-0.2, -0.15) is 0 Å². The lowest BCUT2D eigenvalue weighted by molar-refractivity contribution is 0.631. The molecule has 2 nitrogen and oxygen atoms in total. The average Bonchev–Trinajstić information content (AvgIpc) is 3.76. The highest BCUT2D eigenvalue weighted by Crippen LogP contribution is 2.50. The normalized spacial score (nSPS) is 11.8. The first-order chi connectivity index (χ1) is 23.8. The second-order valence-corrected chi connectivity index (χ2v) is 12.4. The molecule has 0 N–H and O–H groups in total. The summed E-state index contributed by atoms with van der Waals surface area (Å²) in [6, 6.07) is 60.1. The Morgan fingerprint density at radius 3 is 1.50 bits per heavy atom.